The third kappa shape index (κ3) is 4.95. The van der Waals surface area contributed by atoms with Crippen molar-refractivity contribution in [3.05, 3.63) is 163 Å². The van der Waals surface area contributed by atoms with E-state index >= 15 is 0 Å². The SMILES string of the molecule is C1=CC(c2cccc(-c3cc(-c4cccc(-c5ccc6ccccc6c5)c4)nc(-c4cccc5ccccc45)n3)c2)=CNC1. The maximum Gasteiger partial charge on any atom is 0.161 e. The van der Waals surface area contributed by atoms with Crippen LogP contribution in [-0.2, 0) is 0 Å². The number of nitrogens with one attached hydrogen (secondary N) is 1. The van der Waals surface area contributed by atoms with E-state index in [1.807, 2.05) is 0 Å². The Labute approximate surface area is 256 Å². The van der Waals surface area contributed by atoms with E-state index in [1.54, 1.807) is 0 Å². The molecule has 208 valence electrons. The number of hydrogen-bond acceptors (Lipinski definition) is 3. The van der Waals surface area contributed by atoms with Crippen LogP contribution in [0, 0.1) is 0 Å². The van der Waals surface area contributed by atoms with E-state index in [4.69, 9.17) is 9.97 Å². The molecule has 1 N–H and O–H groups in total. The summed E-state index contributed by atoms with van der Waals surface area (Å²) >= 11 is 0. The van der Waals surface area contributed by atoms with Gasteiger partial charge in [0.25, 0.3) is 0 Å². The second-order valence-electron chi connectivity index (χ2n) is 11.1. The topological polar surface area (TPSA) is 37.8 Å². The van der Waals surface area contributed by atoms with Gasteiger partial charge in [-0.15, -0.1) is 0 Å². The Bertz CT molecular complexity index is 2240. The van der Waals surface area contributed by atoms with Crippen molar-refractivity contribution in [2.45, 2.75) is 0 Å². The first-order valence-electron chi connectivity index (χ1n) is 15.0. The van der Waals surface area contributed by atoms with Gasteiger partial charge in [0.2, 0.25) is 0 Å². The molecule has 0 saturated heterocycles. The van der Waals surface area contributed by atoms with Crippen LogP contribution in [0.15, 0.2) is 158 Å². The predicted octanol–water partition coefficient (Wildman–Crippen LogP) is 9.95. The van der Waals surface area contributed by atoms with Gasteiger partial charge in [-0.3, -0.25) is 0 Å². The van der Waals surface area contributed by atoms with Gasteiger partial charge in [0.05, 0.1) is 11.4 Å². The number of fused-ring (bicyclic) bond motifs is 2. The van der Waals surface area contributed by atoms with Gasteiger partial charge in [0.15, 0.2) is 5.82 Å². The Hall–Kier alpha value is -5.80. The zero-order chi connectivity index (χ0) is 29.3. The molecule has 1 aliphatic heterocycles. The van der Waals surface area contributed by atoms with Crippen LogP contribution in [-0.4, -0.2) is 16.5 Å². The number of aromatic nitrogens is 2. The Balaban J connectivity index is 1.29. The average molecular weight is 564 g/mol. The zero-order valence-electron chi connectivity index (χ0n) is 24.1. The second-order valence-corrected chi connectivity index (χ2v) is 11.1. The van der Waals surface area contributed by atoms with Crippen LogP contribution in [0.1, 0.15) is 5.56 Å². The number of dihydropyridines is 1. The Morgan fingerprint density at radius 1 is 0.477 bits per heavy atom. The molecule has 0 radical (unpaired) electrons. The molecule has 8 rings (SSSR count). The number of hydrogen-bond donors (Lipinski definition) is 1. The summed E-state index contributed by atoms with van der Waals surface area (Å²) in [5.41, 5.74) is 9.57. The lowest BCUT2D eigenvalue weighted by atomic mass is 9.97. The molecule has 1 aromatic heterocycles. The minimum Gasteiger partial charge on any atom is -0.387 e. The maximum absolute atomic E-state index is 5.20. The molecule has 0 unspecified atom stereocenters. The molecule has 0 bridgehead atoms. The molecule has 0 atom stereocenters. The molecule has 6 aromatic carbocycles. The van der Waals surface area contributed by atoms with Crippen LogP contribution < -0.4 is 5.32 Å². The van der Waals surface area contributed by atoms with Crippen molar-refractivity contribution in [3.63, 3.8) is 0 Å². The molecule has 0 spiro atoms. The normalized spacial score (nSPS) is 12.7. The predicted molar refractivity (Wildman–Crippen MR) is 184 cm³/mol. The summed E-state index contributed by atoms with van der Waals surface area (Å²) in [5.74, 6) is 0.717. The van der Waals surface area contributed by atoms with Gasteiger partial charge in [-0.25, -0.2) is 9.97 Å². The highest BCUT2D eigenvalue weighted by atomic mass is 14.9. The van der Waals surface area contributed by atoms with Gasteiger partial charge in [0, 0.05) is 29.4 Å². The van der Waals surface area contributed by atoms with E-state index in [1.165, 1.54) is 21.7 Å². The first kappa shape index (κ1) is 25.9. The number of rotatable bonds is 5. The van der Waals surface area contributed by atoms with Crippen molar-refractivity contribution in [2.24, 2.45) is 0 Å². The summed E-state index contributed by atoms with van der Waals surface area (Å²) in [6.07, 6.45) is 6.39. The zero-order valence-corrected chi connectivity index (χ0v) is 24.1. The second kappa shape index (κ2) is 11.1. The van der Waals surface area contributed by atoms with Crippen LogP contribution in [0.5, 0.6) is 0 Å². The summed E-state index contributed by atoms with van der Waals surface area (Å²) in [5, 5.41) is 8.11. The Morgan fingerprint density at radius 3 is 1.91 bits per heavy atom. The number of benzene rings is 6. The lowest BCUT2D eigenvalue weighted by Gasteiger charge is -2.13. The Morgan fingerprint density at radius 2 is 1.11 bits per heavy atom. The van der Waals surface area contributed by atoms with Gasteiger partial charge < -0.3 is 5.32 Å². The fourth-order valence-electron chi connectivity index (χ4n) is 6.02. The van der Waals surface area contributed by atoms with Crippen molar-refractivity contribution in [1.82, 2.24) is 15.3 Å². The molecular formula is C41H29N3. The molecule has 0 fully saturated rings. The highest BCUT2D eigenvalue weighted by molar-refractivity contribution is 5.96. The minimum absolute atomic E-state index is 0.717. The Kier molecular flexibility index (Phi) is 6.54. The standard InChI is InChI=1S/C41H29N3/c1-2-11-30-23-33(21-20-28(30)9-1)31-13-5-15-34(24-31)39-26-40(35-16-6-14-32(25-35)36-17-8-22-42-27-36)44-41(43-39)38-19-7-12-29-10-3-4-18-37(29)38/h1-21,23-27,42H,22H2. The number of nitrogens with zero attached hydrogens (tertiary/aromatic N) is 2. The van der Waals surface area contributed by atoms with Gasteiger partial charge in [0.1, 0.15) is 0 Å². The first-order valence-corrected chi connectivity index (χ1v) is 15.0. The van der Waals surface area contributed by atoms with E-state index < -0.39 is 0 Å². The summed E-state index contributed by atoms with van der Waals surface area (Å²) in [6.45, 7) is 0.852. The van der Waals surface area contributed by atoms with Gasteiger partial charge in [-0.2, -0.15) is 0 Å². The van der Waals surface area contributed by atoms with E-state index in [2.05, 4.69) is 163 Å². The van der Waals surface area contributed by atoms with Crippen molar-refractivity contribution in [2.75, 3.05) is 6.54 Å². The van der Waals surface area contributed by atoms with Crippen molar-refractivity contribution < 1.29 is 0 Å². The lowest BCUT2D eigenvalue weighted by molar-refractivity contribution is 0.976. The monoisotopic (exact) mass is 563 g/mol. The molecule has 7 aromatic rings. The van der Waals surface area contributed by atoms with E-state index in [-0.39, 0.29) is 0 Å². The molecule has 44 heavy (non-hydrogen) atoms. The molecular weight excluding hydrogens is 534 g/mol. The van der Waals surface area contributed by atoms with Crippen LogP contribution in [0.2, 0.25) is 0 Å². The van der Waals surface area contributed by atoms with Crippen molar-refractivity contribution in [3.8, 4) is 45.0 Å². The molecule has 1 aliphatic rings. The number of allylic oxidation sites excluding steroid dienone is 2. The van der Waals surface area contributed by atoms with E-state index in [9.17, 15) is 0 Å². The third-order valence-corrected chi connectivity index (χ3v) is 8.28. The summed E-state index contributed by atoms with van der Waals surface area (Å²) in [4.78, 5) is 10.4. The first-order chi connectivity index (χ1) is 21.8. The van der Waals surface area contributed by atoms with Crippen molar-refractivity contribution >= 4 is 27.1 Å². The largest absolute Gasteiger partial charge is 0.387 e. The van der Waals surface area contributed by atoms with Crippen LogP contribution in [0.25, 0.3) is 72.1 Å². The minimum atomic E-state index is 0.717. The smallest absolute Gasteiger partial charge is 0.161 e. The third-order valence-electron chi connectivity index (χ3n) is 8.28. The fourth-order valence-corrected chi connectivity index (χ4v) is 6.02. The summed E-state index contributed by atoms with van der Waals surface area (Å²) in [7, 11) is 0. The van der Waals surface area contributed by atoms with Crippen LogP contribution in [0.3, 0.4) is 0 Å². The maximum atomic E-state index is 5.20. The molecule has 0 aliphatic carbocycles. The van der Waals surface area contributed by atoms with E-state index in [0.29, 0.717) is 5.82 Å². The lowest BCUT2D eigenvalue weighted by Crippen LogP contribution is -2.08. The molecule has 3 heteroatoms. The highest BCUT2D eigenvalue weighted by Gasteiger charge is 2.14. The quantitative estimate of drug-likeness (QED) is 0.226. The highest BCUT2D eigenvalue weighted by Crippen LogP contribution is 2.34. The molecule has 2 heterocycles. The molecule has 3 nitrogen and oxygen atoms in total. The summed E-state index contributed by atoms with van der Waals surface area (Å²) in [6, 6.07) is 49.3. The molecule has 0 amide bonds. The van der Waals surface area contributed by atoms with Crippen molar-refractivity contribution in [1.29, 1.82) is 0 Å². The van der Waals surface area contributed by atoms with Crippen LogP contribution in [0.4, 0.5) is 0 Å². The fraction of sp³-hybridized carbons (Fsp3) is 0.0244. The average Bonchev–Trinajstić information content (AvgIpc) is 3.11. The summed E-state index contributed by atoms with van der Waals surface area (Å²) < 4.78 is 0. The van der Waals surface area contributed by atoms with Gasteiger partial charge in [-0.05, 0) is 68.1 Å². The molecule has 0 saturated carbocycles. The van der Waals surface area contributed by atoms with Crippen LogP contribution >= 0.6 is 0 Å². The van der Waals surface area contributed by atoms with Gasteiger partial charge >= 0.3 is 0 Å². The van der Waals surface area contributed by atoms with E-state index in [0.717, 1.165) is 56.7 Å². The van der Waals surface area contributed by atoms with Gasteiger partial charge in [-0.1, -0.05) is 127 Å².